The van der Waals surface area contributed by atoms with Crippen molar-refractivity contribution >= 4 is 43.4 Å². The molecule has 5 heteroatoms. The molecule has 0 fully saturated rings. The number of hydrogen-bond donors (Lipinski definition) is 1. The predicted molar refractivity (Wildman–Crippen MR) is 74.1 cm³/mol. The van der Waals surface area contributed by atoms with Crippen LogP contribution in [0.15, 0.2) is 45.5 Å². The van der Waals surface area contributed by atoms with Crippen molar-refractivity contribution in [3.63, 3.8) is 0 Å². The number of anilines is 2. The van der Waals surface area contributed by atoms with Crippen LogP contribution in [0.5, 0.6) is 0 Å². The van der Waals surface area contributed by atoms with Gasteiger partial charge in [-0.25, -0.2) is 4.98 Å². The van der Waals surface area contributed by atoms with Crippen LogP contribution in [0.3, 0.4) is 0 Å². The Kier molecular flexibility index (Phi) is 3.77. The molecule has 0 aliphatic heterocycles. The molecule has 0 aliphatic rings. The maximum atomic E-state index is 8.80. The molecule has 0 radical (unpaired) electrons. The molecule has 2 rings (SSSR count). The van der Waals surface area contributed by atoms with Gasteiger partial charge in [0, 0.05) is 15.1 Å². The molecule has 0 saturated carbocycles. The van der Waals surface area contributed by atoms with E-state index in [1.54, 1.807) is 18.3 Å². The summed E-state index contributed by atoms with van der Waals surface area (Å²) in [6.07, 6.45) is 1.60. The average molecular weight is 353 g/mol. The fourth-order valence-corrected chi connectivity index (χ4v) is 2.44. The summed E-state index contributed by atoms with van der Waals surface area (Å²) in [4.78, 5) is 4.15. The van der Waals surface area contributed by atoms with Crippen molar-refractivity contribution in [2.24, 2.45) is 0 Å². The molecule has 0 unspecified atom stereocenters. The monoisotopic (exact) mass is 351 g/mol. The highest BCUT2D eigenvalue weighted by Gasteiger charge is 2.02. The molecule has 3 nitrogen and oxygen atoms in total. The maximum Gasteiger partial charge on any atom is 0.131 e. The van der Waals surface area contributed by atoms with Crippen LogP contribution in [0.4, 0.5) is 11.5 Å². The molecule has 0 amide bonds. The molecule has 0 spiro atoms. The molecule has 0 saturated heterocycles. The number of nitriles is 1. The van der Waals surface area contributed by atoms with Gasteiger partial charge in [0.2, 0.25) is 0 Å². The Hall–Kier alpha value is -1.38. The van der Waals surface area contributed by atoms with Crippen LogP contribution in [-0.2, 0) is 0 Å². The first kappa shape index (κ1) is 12.1. The van der Waals surface area contributed by atoms with Gasteiger partial charge in [0.1, 0.15) is 5.82 Å². The molecule has 0 bridgehead atoms. The number of benzene rings is 1. The van der Waals surface area contributed by atoms with Crippen molar-refractivity contribution in [3.8, 4) is 6.07 Å². The van der Waals surface area contributed by atoms with Crippen molar-refractivity contribution in [3.05, 3.63) is 51.0 Å². The molecule has 1 heterocycles. The summed E-state index contributed by atoms with van der Waals surface area (Å²) >= 11 is 6.84. The molecule has 1 N–H and O–H groups in total. The van der Waals surface area contributed by atoms with Gasteiger partial charge in [0.25, 0.3) is 0 Å². The molecule has 0 atom stereocenters. The van der Waals surface area contributed by atoms with Crippen molar-refractivity contribution < 1.29 is 0 Å². The van der Waals surface area contributed by atoms with Gasteiger partial charge in [0.15, 0.2) is 0 Å². The fourth-order valence-electron chi connectivity index (χ4n) is 1.30. The van der Waals surface area contributed by atoms with E-state index in [9.17, 15) is 0 Å². The summed E-state index contributed by atoms with van der Waals surface area (Å²) in [6.45, 7) is 0. The summed E-state index contributed by atoms with van der Waals surface area (Å²) in [5, 5.41) is 11.9. The van der Waals surface area contributed by atoms with E-state index in [0.29, 0.717) is 11.4 Å². The van der Waals surface area contributed by atoms with Crippen LogP contribution in [0.1, 0.15) is 5.56 Å². The van der Waals surface area contributed by atoms with Crippen molar-refractivity contribution in [2.45, 2.75) is 0 Å². The second-order valence-corrected chi connectivity index (χ2v) is 5.06. The molecule has 2 aromatic rings. The second kappa shape index (κ2) is 5.30. The summed E-state index contributed by atoms with van der Waals surface area (Å²) in [5.41, 5.74) is 1.48. The minimum Gasteiger partial charge on any atom is -0.339 e. The largest absolute Gasteiger partial charge is 0.339 e. The number of aromatic nitrogens is 1. The molecule has 84 valence electrons. The molecule has 1 aromatic heterocycles. The van der Waals surface area contributed by atoms with Crippen molar-refractivity contribution in [1.82, 2.24) is 4.98 Å². The minimum atomic E-state index is 0.579. The Morgan fingerprint density at radius 3 is 2.71 bits per heavy atom. The van der Waals surface area contributed by atoms with Crippen LogP contribution in [0.2, 0.25) is 0 Å². The first-order valence-corrected chi connectivity index (χ1v) is 6.36. The van der Waals surface area contributed by atoms with Gasteiger partial charge in [-0.1, -0.05) is 15.9 Å². The number of pyridine rings is 1. The smallest absolute Gasteiger partial charge is 0.131 e. The third kappa shape index (κ3) is 3.05. The van der Waals surface area contributed by atoms with Gasteiger partial charge in [-0.2, -0.15) is 5.26 Å². The highest BCUT2D eigenvalue weighted by atomic mass is 79.9. The van der Waals surface area contributed by atoms with Gasteiger partial charge in [-0.05, 0) is 46.3 Å². The second-order valence-electron chi connectivity index (χ2n) is 3.29. The van der Waals surface area contributed by atoms with E-state index >= 15 is 0 Å². The SMILES string of the molecule is N#Cc1ccnc(Nc2ccc(Br)cc2Br)c1. The average Bonchev–Trinajstić information content (AvgIpc) is 2.33. The first-order chi connectivity index (χ1) is 8.19. The number of hydrogen-bond acceptors (Lipinski definition) is 3. The Morgan fingerprint density at radius 2 is 2.00 bits per heavy atom. The van der Waals surface area contributed by atoms with E-state index in [1.165, 1.54) is 0 Å². The molecule has 1 aromatic carbocycles. The van der Waals surface area contributed by atoms with Crippen LogP contribution in [0.25, 0.3) is 0 Å². The van der Waals surface area contributed by atoms with E-state index in [4.69, 9.17) is 5.26 Å². The highest BCUT2D eigenvalue weighted by molar-refractivity contribution is 9.11. The summed E-state index contributed by atoms with van der Waals surface area (Å²) in [6, 6.07) is 11.2. The lowest BCUT2D eigenvalue weighted by Gasteiger charge is -2.08. The Labute approximate surface area is 116 Å². The van der Waals surface area contributed by atoms with Gasteiger partial charge < -0.3 is 5.32 Å². The first-order valence-electron chi connectivity index (χ1n) is 4.77. The molecule has 0 aliphatic carbocycles. The lowest BCUT2D eigenvalue weighted by atomic mass is 10.3. The number of nitrogens with zero attached hydrogens (tertiary/aromatic N) is 2. The quantitative estimate of drug-likeness (QED) is 0.880. The summed E-state index contributed by atoms with van der Waals surface area (Å²) in [5.74, 6) is 0.645. The Balaban J connectivity index is 2.28. The predicted octanol–water partition coefficient (Wildman–Crippen LogP) is 4.22. The normalized spacial score (nSPS) is 9.71. The standard InChI is InChI=1S/C12H7Br2N3/c13-9-1-2-11(10(14)6-9)17-12-5-8(7-15)3-4-16-12/h1-6H,(H,16,17). The van der Waals surface area contributed by atoms with Gasteiger partial charge in [0.05, 0.1) is 17.3 Å². The minimum absolute atomic E-state index is 0.579. The lowest BCUT2D eigenvalue weighted by molar-refractivity contribution is 1.29. The number of rotatable bonds is 2. The zero-order valence-corrected chi connectivity index (χ0v) is 11.8. The lowest BCUT2D eigenvalue weighted by Crippen LogP contribution is -1.94. The van der Waals surface area contributed by atoms with E-state index in [-0.39, 0.29) is 0 Å². The number of halogens is 2. The van der Waals surface area contributed by atoms with Crippen LogP contribution >= 0.6 is 31.9 Å². The number of nitrogens with one attached hydrogen (secondary N) is 1. The maximum absolute atomic E-state index is 8.80. The summed E-state index contributed by atoms with van der Waals surface area (Å²) < 4.78 is 1.92. The Bertz CT molecular complexity index is 591. The third-order valence-corrected chi connectivity index (χ3v) is 3.23. The third-order valence-electron chi connectivity index (χ3n) is 2.08. The molecular weight excluding hydrogens is 346 g/mol. The molecular formula is C12H7Br2N3. The fraction of sp³-hybridized carbons (Fsp3) is 0. The van der Waals surface area contributed by atoms with Crippen LogP contribution in [0, 0.1) is 11.3 Å². The Morgan fingerprint density at radius 1 is 1.18 bits per heavy atom. The van der Waals surface area contributed by atoms with E-state index in [1.807, 2.05) is 18.2 Å². The summed E-state index contributed by atoms with van der Waals surface area (Å²) in [7, 11) is 0. The van der Waals surface area contributed by atoms with E-state index < -0.39 is 0 Å². The van der Waals surface area contributed by atoms with Gasteiger partial charge in [-0.3, -0.25) is 0 Å². The van der Waals surface area contributed by atoms with Crippen molar-refractivity contribution in [1.29, 1.82) is 5.26 Å². The van der Waals surface area contributed by atoms with Gasteiger partial charge in [-0.15, -0.1) is 0 Å². The zero-order valence-electron chi connectivity index (χ0n) is 8.61. The highest BCUT2D eigenvalue weighted by Crippen LogP contribution is 2.28. The van der Waals surface area contributed by atoms with Crippen LogP contribution < -0.4 is 5.32 Å². The molecule has 17 heavy (non-hydrogen) atoms. The van der Waals surface area contributed by atoms with Gasteiger partial charge >= 0.3 is 0 Å². The van der Waals surface area contributed by atoms with Crippen LogP contribution in [-0.4, -0.2) is 4.98 Å². The topological polar surface area (TPSA) is 48.7 Å². The van der Waals surface area contributed by atoms with Crippen molar-refractivity contribution in [2.75, 3.05) is 5.32 Å². The van der Waals surface area contributed by atoms with E-state index in [2.05, 4.69) is 48.2 Å². The van der Waals surface area contributed by atoms with E-state index in [0.717, 1.165) is 14.6 Å². The zero-order chi connectivity index (χ0) is 12.3.